The van der Waals surface area contributed by atoms with Gasteiger partial charge in [-0.25, -0.2) is 9.80 Å². The van der Waals surface area contributed by atoms with E-state index >= 15 is 0 Å². The standard InChI is InChI=1S/C34H45N5O6/c1-34(2,3)45-33(42)36-27(20-22-12-16-35-17-13-22)32(41)38-18-14-24(15-19-38)39-31(40)26-9-7-6-8-25(26)30(37-39)23-10-11-28(43-4)29(21-23)44-5/h10-13,16-17,21,24-27H,6-9,14-15,18-20H2,1-5H3,(H,36,42)/t25-,26+,27-/m0/s1. The summed E-state index contributed by atoms with van der Waals surface area (Å²) in [5.41, 5.74) is 2.04. The van der Waals surface area contributed by atoms with Gasteiger partial charge in [0.2, 0.25) is 11.8 Å². The van der Waals surface area contributed by atoms with Crippen molar-refractivity contribution >= 4 is 23.6 Å². The third kappa shape index (κ3) is 7.57. The van der Waals surface area contributed by atoms with Crippen molar-refractivity contribution in [1.82, 2.24) is 20.2 Å². The molecular weight excluding hydrogens is 574 g/mol. The summed E-state index contributed by atoms with van der Waals surface area (Å²) in [6, 6.07) is 8.55. The minimum absolute atomic E-state index is 0.0649. The number of carbonyl (C=O) groups excluding carboxylic acids is 3. The van der Waals surface area contributed by atoms with Gasteiger partial charge >= 0.3 is 6.09 Å². The molecule has 1 aromatic carbocycles. The van der Waals surface area contributed by atoms with Gasteiger partial charge in [0.05, 0.1) is 26.0 Å². The zero-order valence-corrected chi connectivity index (χ0v) is 27.0. The number of hydrogen-bond acceptors (Lipinski definition) is 8. The minimum atomic E-state index is -0.798. The molecule has 11 nitrogen and oxygen atoms in total. The van der Waals surface area contributed by atoms with Gasteiger partial charge in [-0.1, -0.05) is 12.8 Å². The lowest BCUT2D eigenvalue weighted by atomic mass is 9.73. The zero-order chi connectivity index (χ0) is 32.1. The van der Waals surface area contributed by atoms with Gasteiger partial charge < -0.3 is 24.4 Å². The predicted molar refractivity (Wildman–Crippen MR) is 169 cm³/mol. The molecule has 45 heavy (non-hydrogen) atoms. The number of benzene rings is 1. The second-order valence-corrected chi connectivity index (χ2v) is 13.1. The number of aromatic nitrogens is 1. The SMILES string of the molecule is COc1ccc(C2=NN(C3CCN(C(=O)[C@H](Cc4ccncc4)NC(=O)OC(C)(C)C)CC3)C(=O)[C@@H]3CCCC[C@H]23)cc1OC. The summed E-state index contributed by atoms with van der Waals surface area (Å²) >= 11 is 0. The van der Waals surface area contributed by atoms with E-state index in [1.165, 1.54) is 0 Å². The highest BCUT2D eigenvalue weighted by Crippen LogP contribution is 2.40. The van der Waals surface area contributed by atoms with E-state index in [0.717, 1.165) is 42.5 Å². The Morgan fingerprint density at radius 2 is 1.62 bits per heavy atom. The van der Waals surface area contributed by atoms with Gasteiger partial charge in [-0.3, -0.25) is 14.6 Å². The third-order valence-electron chi connectivity index (χ3n) is 8.86. The Morgan fingerprint density at radius 3 is 2.27 bits per heavy atom. The normalized spacial score (nSPS) is 21.4. The first-order valence-electron chi connectivity index (χ1n) is 15.9. The van der Waals surface area contributed by atoms with Crippen molar-refractivity contribution < 1.29 is 28.6 Å². The summed E-state index contributed by atoms with van der Waals surface area (Å²) in [5, 5.41) is 9.52. The molecule has 3 heterocycles. The molecule has 1 aromatic heterocycles. The van der Waals surface area contributed by atoms with Crippen LogP contribution < -0.4 is 14.8 Å². The highest BCUT2D eigenvalue weighted by Gasteiger charge is 2.44. The van der Waals surface area contributed by atoms with Crippen molar-refractivity contribution in [3.05, 3.63) is 53.9 Å². The Labute approximate surface area is 265 Å². The average Bonchev–Trinajstić information content (AvgIpc) is 3.04. The fourth-order valence-corrected chi connectivity index (χ4v) is 6.65. The molecule has 0 spiro atoms. The number of likely N-dealkylation sites (tertiary alicyclic amines) is 1. The average molecular weight is 620 g/mol. The van der Waals surface area contributed by atoms with Crippen LogP contribution in [0.3, 0.4) is 0 Å². The Morgan fingerprint density at radius 1 is 0.956 bits per heavy atom. The molecule has 242 valence electrons. The molecule has 3 amide bonds. The van der Waals surface area contributed by atoms with E-state index in [0.29, 0.717) is 43.9 Å². The first-order chi connectivity index (χ1) is 21.6. The smallest absolute Gasteiger partial charge is 0.408 e. The van der Waals surface area contributed by atoms with Crippen LogP contribution in [0.4, 0.5) is 4.79 Å². The number of methoxy groups -OCH3 is 2. The largest absolute Gasteiger partial charge is 0.493 e. The summed E-state index contributed by atoms with van der Waals surface area (Å²) in [4.78, 5) is 46.2. The number of piperidine rings is 1. The first kappa shape index (κ1) is 32.2. The number of nitrogens with zero attached hydrogens (tertiary/aromatic N) is 4. The molecule has 3 aliphatic rings. The third-order valence-corrected chi connectivity index (χ3v) is 8.86. The number of carbonyl (C=O) groups is 3. The highest BCUT2D eigenvalue weighted by molar-refractivity contribution is 6.07. The highest BCUT2D eigenvalue weighted by atomic mass is 16.6. The summed E-state index contributed by atoms with van der Waals surface area (Å²) in [6.07, 6.45) is 8.05. The molecular formula is C34H45N5O6. The number of hydrogen-bond donors (Lipinski definition) is 1. The van der Waals surface area contributed by atoms with Crippen LogP contribution in [0.25, 0.3) is 0 Å². The van der Waals surface area contributed by atoms with Gasteiger partial charge in [-0.2, -0.15) is 5.10 Å². The number of nitrogens with one attached hydrogen (secondary N) is 1. The van der Waals surface area contributed by atoms with Crippen LogP contribution in [0.15, 0.2) is 47.8 Å². The maximum atomic E-state index is 13.8. The van der Waals surface area contributed by atoms with Crippen molar-refractivity contribution in [2.24, 2.45) is 16.9 Å². The van der Waals surface area contributed by atoms with Crippen molar-refractivity contribution in [1.29, 1.82) is 0 Å². The topological polar surface area (TPSA) is 123 Å². The van der Waals surface area contributed by atoms with Gasteiger partial charge in [0.25, 0.3) is 0 Å². The molecule has 3 atom stereocenters. The van der Waals surface area contributed by atoms with Crippen LogP contribution in [0.5, 0.6) is 11.5 Å². The molecule has 1 aliphatic carbocycles. The molecule has 1 saturated heterocycles. The van der Waals surface area contributed by atoms with Crippen molar-refractivity contribution in [2.45, 2.75) is 83.4 Å². The van der Waals surface area contributed by atoms with E-state index in [9.17, 15) is 14.4 Å². The van der Waals surface area contributed by atoms with Crippen LogP contribution in [-0.2, 0) is 20.7 Å². The minimum Gasteiger partial charge on any atom is -0.493 e. The molecule has 0 bridgehead atoms. The Kier molecular flexibility index (Phi) is 9.94. The first-order valence-corrected chi connectivity index (χ1v) is 15.9. The number of rotatable bonds is 8. The summed E-state index contributed by atoms with van der Waals surface area (Å²) < 4.78 is 16.5. The molecule has 2 aromatic rings. The molecule has 0 radical (unpaired) electrons. The van der Waals surface area contributed by atoms with Crippen molar-refractivity contribution in [2.75, 3.05) is 27.3 Å². The monoisotopic (exact) mass is 619 g/mol. The number of fused-ring (bicyclic) bond motifs is 1. The number of alkyl carbamates (subject to hydrolysis) is 1. The van der Waals surface area contributed by atoms with Crippen LogP contribution in [0, 0.1) is 11.8 Å². The van der Waals surface area contributed by atoms with Crippen molar-refractivity contribution in [3.63, 3.8) is 0 Å². The van der Waals surface area contributed by atoms with Crippen LogP contribution in [-0.4, -0.2) is 83.5 Å². The van der Waals surface area contributed by atoms with Crippen LogP contribution in [0.2, 0.25) is 0 Å². The van der Waals surface area contributed by atoms with E-state index in [2.05, 4.69) is 10.3 Å². The van der Waals surface area contributed by atoms with E-state index in [1.807, 2.05) is 30.3 Å². The molecule has 1 N–H and O–H groups in total. The van der Waals surface area contributed by atoms with Crippen molar-refractivity contribution in [3.8, 4) is 11.5 Å². The molecule has 11 heteroatoms. The summed E-state index contributed by atoms with van der Waals surface area (Å²) in [7, 11) is 3.22. The van der Waals surface area contributed by atoms with Gasteiger partial charge in [0.1, 0.15) is 11.6 Å². The van der Waals surface area contributed by atoms with Gasteiger partial charge in [0.15, 0.2) is 11.5 Å². The van der Waals surface area contributed by atoms with E-state index in [-0.39, 0.29) is 29.7 Å². The van der Waals surface area contributed by atoms with Gasteiger partial charge in [-0.05, 0) is 82.3 Å². The summed E-state index contributed by atoms with van der Waals surface area (Å²) in [6.45, 7) is 6.26. The Hall–Kier alpha value is -4.15. The van der Waals surface area contributed by atoms with E-state index in [1.54, 1.807) is 57.3 Å². The number of ether oxygens (including phenoxy) is 3. The molecule has 5 rings (SSSR count). The zero-order valence-electron chi connectivity index (χ0n) is 27.0. The van der Waals surface area contributed by atoms with E-state index in [4.69, 9.17) is 19.3 Å². The number of hydrazone groups is 1. The Balaban J connectivity index is 1.33. The number of amides is 3. The fourth-order valence-electron chi connectivity index (χ4n) is 6.65. The lowest BCUT2D eigenvalue weighted by molar-refractivity contribution is -0.143. The second-order valence-electron chi connectivity index (χ2n) is 13.1. The maximum absolute atomic E-state index is 13.8. The molecule has 0 unspecified atom stereocenters. The quantitative estimate of drug-likeness (QED) is 0.459. The lowest BCUT2D eigenvalue weighted by Gasteiger charge is -2.43. The number of pyridine rings is 1. The molecule has 2 aliphatic heterocycles. The van der Waals surface area contributed by atoms with Crippen LogP contribution >= 0.6 is 0 Å². The predicted octanol–water partition coefficient (Wildman–Crippen LogP) is 4.58. The van der Waals surface area contributed by atoms with E-state index < -0.39 is 17.7 Å². The van der Waals surface area contributed by atoms with Crippen LogP contribution in [0.1, 0.15) is 70.4 Å². The Bertz CT molecular complexity index is 1400. The second kappa shape index (κ2) is 13.9. The summed E-state index contributed by atoms with van der Waals surface area (Å²) in [5.74, 6) is 1.13. The maximum Gasteiger partial charge on any atom is 0.408 e. The lowest BCUT2D eigenvalue weighted by Crippen LogP contribution is -2.56. The van der Waals surface area contributed by atoms with Gasteiger partial charge in [0, 0.05) is 49.3 Å². The molecule has 2 fully saturated rings. The molecule has 1 saturated carbocycles. The fraction of sp³-hybridized carbons (Fsp3) is 0.559. The van der Waals surface area contributed by atoms with Gasteiger partial charge in [-0.15, -0.1) is 0 Å².